The summed E-state index contributed by atoms with van der Waals surface area (Å²) < 4.78 is 10.1. The maximum atomic E-state index is 10.1. The van der Waals surface area contributed by atoms with Gasteiger partial charge in [-0.25, -0.2) is 0 Å². The molecule has 0 atom stereocenters. The molecule has 0 spiro atoms. The van der Waals surface area contributed by atoms with Gasteiger partial charge in [0.1, 0.15) is 0 Å². The standard InChI is InChI=1S/C9H9OP/c1-8-2-4-9(5-3-8)6-7-11-10/h2-7H,1H3/b7-6+. The van der Waals surface area contributed by atoms with Crippen LogP contribution < -0.4 is 0 Å². The lowest BCUT2D eigenvalue weighted by Gasteiger charge is -1.92. The number of aryl methyl sites for hydroxylation is 1. The lowest BCUT2D eigenvalue weighted by molar-refractivity contribution is 0.603. The third-order valence-corrected chi connectivity index (χ3v) is 1.68. The van der Waals surface area contributed by atoms with Crippen LogP contribution in [0.1, 0.15) is 11.1 Å². The van der Waals surface area contributed by atoms with Crippen molar-refractivity contribution in [2.75, 3.05) is 0 Å². The molecule has 1 aromatic carbocycles. The molecule has 0 amide bonds. The molecule has 0 aliphatic heterocycles. The van der Waals surface area contributed by atoms with Crippen LogP contribution in [0, 0.1) is 6.92 Å². The molecule has 11 heavy (non-hydrogen) atoms. The number of hydrogen-bond acceptors (Lipinski definition) is 1. The Labute approximate surface area is 68.0 Å². The molecule has 0 heterocycles. The van der Waals surface area contributed by atoms with E-state index >= 15 is 0 Å². The lowest BCUT2D eigenvalue weighted by Crippen LogP contribution is -1.71. The first kappa shape index (κ1) is 8.16. The zero-order chi connectivity index (χ0) is 8.10. The summed E-state index contributed by atoms with van der Waals surface area (Å²) in [5.74, 6) is 1.59. The normalized spacial score (nSPS) is 11.0. The highest BCUT2D eigenvalue weighted by atomic mass is 31.1. The van der Waals surface area contributed by atoms with Crippen LogP contribution in [-0.2, 0) is 4.57 Å². The van der Waals surface area contributed by atoms with Crippen LogP contribution in [0.2, 0.25) is 0 Å². The fourth-order valence-corrected chi connectivity index (χ4v) is 1.03. The Balaban J connectivity index is 2.81. The third kappa shape index (κ3) is 2.65. The molecule has 0 radical (unpaired) electrons. The van der Waals surface area contributed by atoms with Gasteiger partial charge in [0.25, 0.3) is 0 Å². The van der Waals surface area contributed by atoms with Gasteiger partial charge in [-0.05, 0) is 18.6 Å². The van der Waals surface area contributed by atoms with Gasteiger partial charge < -0.3 is 0 Å². The van der Waals surface area contributed by atoms with E-state index in [9.17, 15) is 4.57 Å². The minimum absolute atomic E-state index is 0.0601. The zero-order valence-electron chi connectivity index (χ0n) is 6.32. The SMILES string of the molecule is Cc1ccc(/C=C/P=O)cc1. The number of benzene rings is 1. The van der Waals surface area contributed by atoms with Crippen molar-refractivity contribution in [1.29, 1.82) is 0 Å². The summed E-state index contributed by atoms with van der Waals surface area (Å²) in [6, 6.07) is 8.05. The molecule has 56 valence electrons. The van der Waals surface area contributed by atoms with Crippen LogP contribution >= 0.6 is 8.46 Å². The Kier molecular flexibility index (Phi) is 3.00. The Morgan fingerprint density at radius 1 is 1.27 bits per heavy atom. The summed E-state index contributed by atoms with van der Waals surface area (Å²) in [4.78, 5) is 0. The van der Waals surface area contributed by atoms with Crippen molar-refractivity contribution in [3.8, 4) is 0 Å². The highest BCUT2D eigenvalue weighted by Gasteiger charge is 1.84. The molecule has 0 N–H and O–H groups in total. The second kappa shape index (κ2) is 4.05. The molecule has 0 aliphatic rings. The summed E-state index contributed by atoms with van der Waals surface area (Å²) >= 11 is 0. The van der Waals surface area contributed by atoms with Crippen molar-refractivity contribution in [3.63, 3.8) is 0 Å². The minimum atomic E-state index is 0.0601. The molecular weight excluding hydrogens is 155 g/mol. The van der Waals surface area contributed by atoms with Crippen LogP contribution in [-0.4, -0.2) is 0 Å². The van der Waals surface area contributed by atoms with Crippen LogP contribution in [0.25, 0.3) is 6.08 Å². The molecule has 1 aromatic rings. The lowest BCUT2D eigenvalue weighted by atomic mass is 10.2. The molecule has 0 saturated carbocycles. The smallest absolute Gasteiger partial charge is 0.184 e. The van der Waals surface area contributed by atoms with Gasteiger partial charge >= 0.3 is 0 Å². The van der Waals surface area contributed by atoms with Gasteiger partial charge in [-0.1, -0.05) is 29.8 Å². The van der Waals surface area contributed by atoms with Gasteiger partial charge in [0.15, 0.2) is 8.46 Å². The molecule has 0 aromatic heterocycles. The Hall–Kier alpha value is -0.940. The van der Waals surface area contributed by atoms with E-state index in [0.29, 0.717) is 0 Å². The second-order valence-corrected chi connectivity index (χ2v) is 2.84. The molecule has 1 rings (SSSR count). The highest BCUT2D eigenvalue weighted by Crippen LogP contribution is 2.07. The first-order valence-corrected chi connectivity index (χ1v) is 4.27. The van der Waals surface area contributed by atoms with E-state index < -0.39 is 0 Å². The van der Waals surface area contributed by atoms with Crippen LogP contribution in [0.4, 0.5) is 0 Å². The molecule has 0 unspecified atom stereocenters. The largest absolute Gasteiger partial charge is 0.270 e. The fraction of sp³-hybridized carbons (Fsp3) is 0.111. The highest BCUT2D eigenvalue weighted by molar-refractivity contribution is 7.28. The van der Waals surface area contributed by atoms with E-state index in [0.717, 1.165) is 5.56 Å². The van der Waals surface area contributed by atoms with Crippen molar-refractivity contribution < 1.29 is 4.57 Å². The van der Waals surface area contributed by atoms with E-state index in [1.165, 1.54) is 5.56 Å². The van der Waals surface area contributed by atoms with Crippen molar-refractivity contribution in [3.05, 3.63) is 41.2 Å². The van der Waals surface area contributed by atoms with Crippen molar-refractivity contribution in [2.24, 2.45) is 0 Å². The summed E-state index contributed by atoms with van der Waals surface area (Å²) in [6.07, 6.45) is 1.83. The molecule has 1 nitrogen and oxygen atoms in total. The van der Waals surface area contributed by atoms with Gasteiger partial charge in [0, 0.05) is 5.82 Å². The minimum Gasteiger partial charge on any atom is -0.270 e. The molecule has 2 heteroatoms. The second-order valence-electron chi connectivity index (χ2n) is 2.33. The summed E-state index contributed by atoms with van der Waals surface area (Å²) in [5.41, 5.74) is 2.32. The molecule has 0 fully saturated rings. The maximum absolute atomic E-state index is 10.1. The molecular formula is C9H9OP. The van der Waals surface area contributed by atoms with Crippen molar-refractivity contribution in [2.45, 2.75) is 6.92 Å². The first-order valence-electron chi connectivity index (χ1n) is 3.38. The van der Waals surface area contributed by atoms with Crippen molar-refractivity contribution in [1.82, 2.24) is 0 Å². The van der Waals surface area contributed by atoms with Crippen LogP contribution in [0.15, 0.2) is 30.1 Å². The Morgan fingerprint density at radius 3 is 2.45 bits per heavy atom. The predicted octanol–water partition coefficient (Wildman–Crippen LogP) is 3.26. The van der Waals surface area contributed by atoms with Gasteiger partial charge in [0.05, 0.1) is 0 Å². The van der Waals surface area contributed by atoms with Gasteiger partial charge in [0.2, 0.25) is 0 Å². The number of hydrogen-bond donors (Lipinski definition) is 0. The first-order chi connectivity index (χ1) is 5.33. The molecule has 0 saturated heterocycles. The van der Waals surface area contributed by atoms with Gasteiger partial charge in [-0.2, -0.15) is 0 Å². The third-order valence-electron chi connectivity index (χ3n) is 1.41. The topological polar surface area (TPSA) is 17.1 Å². The fourth-order valence-electron chi connectivity index (χ4n) is 0.794. The van der Waals surface area contributed by atoms with E-state index in [1.807, 2.05) is 37.3 Å². The Bertz CT molecular complexity index is 261. The van der Waals surface area contributed by atoms with E-state index in [2.05, 4.69) is 0 Å². The average molecular weight is 164 g/mol. The van der Waals surface area contributed by atoms with Gasteiger partial charge in [-0.3, -0.25) is 4.57 Å². The van der Waals surface area contributed by atoms with E-state index in [4.69, 9.17) is 0 Å². The summed E-state index contributed by atoms with van der Waals surface area (Å²) in [6.45, 7) is 2.04. The summed E-state index contributed by atoms with van der Waals surface area (Å²) in [7, 11) is 0.0601. The van der Waals surface area contributed by atoms with E-state index in [-0.39, 0.29) is 8.46 Å². The number of rotatable bonds is 2. The van der Waals surface area contributed by atoms with Crippen molar-refractivity contribution >= 4 is 14.5 Å². The summed E-state index contributed by atoms with van der Waals surface area (Å²) in [5, 5.41) is 0. The quantitative estimate of drug-likeness (QED) is 0.613. The maximum Gasteiger partial charge on any atom is 0.184 e. The van der Waals surface area contributed by atoms with Gasteiger partial charge in [-0.15, -0.1) is 0 Å². The van der Waals surface area contributed by atoms with Crippen LogP contribution in [0.5, 0.6) is 0 Å². The Morgan fingerprint density at radius 2 is 1.91 bits per heavy atom. The van der Waals surface area contributed by atoms with E-state index in [1.54, 1.807) is 5.82 Å². The average Bonchev–Trinajstić information content (AvgIpc) is 2.04. The molecule has 0 bridgehead atoms. The molecule has 0 aliphatic carbocycles. The monoisotopic (exact) mass is 164 g/mol. The predicted molar refractivity (Wildman–Crippen MR) is 47.8 cm³/mol. The zero-order valence-corrected chi connectivity index (χ0v) is 7.21. The van der Waals surface area contributed by atoms with Crippen LogP contribution in [0.3, 0.4) is 0 Å².